The van der Waals surface area contributed by atoms with Crippen LogP contribution in [0.15, 0.2) is 48.1 Å². The van der Waals surface area contributed by atoms with Crippen molar-refractivity contribution in [3.8, 4) is 0 Å². The monoisotopic (exact) mass is 257 g/mol. The van der Waals surface area contributed by atoms with Crippen LogP contribution >= 0.6 is 0 Å². The van der Waals surface area contributed by atoms with Crippen molar-refractivity contribution in [1.29, 1.82) is 0 Å². The van der Waals surface area contributed by atoms with E-state index in [1.807, 2.05) is 26.1 Å². The van der Waals surface area contributed by atoms with Gasteiger partial charge in [-0.25, -0.2) is 0 Å². The molecular weight excluding hydrogens is 234 g/mol. The summed E-state index contributed by atoms with van der Waals surface area (Å²) < 4.78 is 0. The summed E-state index contributed by atoms with van der Waals surface area (Å²) in [4.78, 5) is 11.4. The van der Waals surface area contributed by atoms with E-state index in [-0.39, 0.29) is 5.78 Å². The van der Waals surface area contributed by atoms with Gasteiger partial charge in [0.2, 0.25) is 0 Å². The molecule has 1 aromatic carbocycles. The summed E-state index contributed by atoms with van der Waals surface area (Å²) in [6.07, 6.45) is 6.86. The standard InChI is InChI=1S/C17H23NO/c1-5-6-16(14(3)19)8-7-13(2)15-9-11-17(18-4)12-10-15/h6-13,18H,5H2,1-4H3/b8-7-,16-6+. The molecule has 2 nitrogen and oxygen atoms in total. The van der Waals surface area contributed by atoms with Gasteiger partial charge in [-0.1, -0.05) is 44.2 Å². The SMILES string of the molecule is CC/C=C(\C=C/C(C)c1ccc(NC)cc1)C(C)=O. The lowest BCUT2D eigenvalue weighted by Crippen LogP contribution is -1.95. The zero-order valence-corrected chi connectivity index (χ0v) is 12.2. The molecule has 0 saturated carbocycles. The molecule has 0 fully saturated rings. The Morgan fingerprint density at radius 1 is 1.32 bits per heavy atom. The molecule has 0 aromatic heterocycles. The second-order valence-electron chi connectivity index (χ2n) is 4.64. The van der Waals surface area contributed by atoms with Gasteiger partial charge in [-0.15, -0.1) is 0 Å². The first-order valence-electron chi connectivity index (χ1n) is 6.75. The number of allylic oxidation sites excluding steroid dienone is 4. The zero-order chi connectivity index (χ0) is 14.3. The summed E-state index contributed by atoms with van der Waals surface area (Å²) in [5.74, 6) is 0.418. The van der Waals surface area contributed by atoms with Crippen molar-refractivity contribution in [2.75, 3.05) is 12.4 Å². The molecule has 102 valence electrons. The molecule has 0 bridgehead atoms. The highest BCUT2D eigenvalue weighted by Crippen LogP contribution is 2.19. The molecule has 0 amide bonds. The van der Waals surface area contributed by atoms with Crippen molar-refractivity contribution >= 4 is 11.5 Å². The van der Waals surface area contributed by atoms with Crippen LogP contribution in [0, 0.1) is 0 Å². The van der Waals surface area contributed by atoms with Crippen LogP contribution in [0.25, 0.3) is 0 Å². The van der Waals surface area contributed by atoms with Gasteiger partial charge >= 0.3 is 0 Å². The zero-order valence-electron chi connectivity index (χ0n) is 12.2. The molecule has 0 radical (unpaired) electrons. The molecule has 19 heavy (non-hydrogen) atoms. The second-order valence-corrected chi connectivity index (χ2v) is 4.64. The Balaban J connectivity index is 2.79. The average molecular weight is 257 g/mol. The molecular formula is C17H23NO. The molecule has 0 aliphatic carbocycles. The fourth-order valence-electron chi connectivity index (χ4n) is 1.86. The van der Waals surface area contributed by atoms with E-state index in [4.69, 9.17) is 0 Å². The van der Waals surface area contributed by atoms with E-state index >= 15 is 0 Å². The largest absolute Gasteiger partial charge is 0.388 e. The van der Waals surface area contributed by atoms with Crippen molar-refractivity contribution in [1.82, 2.24) is 0 Å². The van der Waals surface area contributed by atoms with E-state index in [0.717, 1.165) is 17.7 Å². The van der Waals surface area contributed by atoms with Gasteiger partial charge in [-0.3, -0.25) is 4.79 Å². The van der Waals surface area contributed by atoms with Gasteiger partial charge in [-0.05, 0) is 37.0 Å². The van der Waals surface area contributed by atoms with Gasteiger partial charge in [0.05, 0.1) is 0 Å². The molecule has 1 atom stereocenters. The fraction of sp³-hybridized carbons (Fsp3) is 0.353. The number of anilines is 1. The lowest BCUT2D eigenvalue weighted by molar-refractivity contribution is -0.113. The number of benzene rings is 1. The Morgan fingerprint density at radius 2 is 1.95 bits per heavy atom. The lowest BCUT2D eigenvalue weighted by atomic mass is 9.99. The molecule has 1 N–H and O–H groups in total. The van der Waals surface area contributed by atoms with Crippen molar-refractivity contribution in [3.05, 3.63) is 53.6 Å². The number of nitrogens with one attached hydrogen (secondary N) is 1. The Hall–Kier alpha value is -1.83. The van der Waals surface area contributed by atoms with Crippen LogP contribution in [0.1, 0.15) is 38.7 Å². The number of carbonyl (C=O) groups is 1. The normalized spacial score (nSPS) is 13.6. The smallest absolute Gasteiger partial charge is 0.159 e. The van der Waals surface area contributed by atoms with Gasteiger partial charge in [-0.2, -0.15) is 0 Å². The molecule has 0 spiro atoms. The van der Waals surface area contributed by atoms with Crippen molar-refractivity contribution in [2.24, 2.45) is 0 Å². The average Bonchev–Trinajstić information content (AvgIpc) is 2.42. The highest BCUT2D eigenvalue weighted by Gasteiger charge is 2.03. The topological polar surface area (TPSA) is 29.1 Å². The first-order valence-corrected chi connectivity index (χ1v) is 6.75. The van der Waals surface area contributed by atoms with Crippen LogP contribution < -0.4 is 5.32 Å². The minimum Gasteiger partial charge on any atom is -0.388 e. The highest BCUT2D eigenvalue weighted by molar-refractivity contribution is 5.95. The third-order valence-corrected chi connectivity index (χ3v) is 3.12. The molecule has 1 aromatic rings. The lowest BCUT2D eigenvalue weighted by Gasteiger charge is -2.08. The molecule has 1 rings (SSSR count). The highest BCUT2D eigenvalue weighted by atomic mass is 16.1. The maximum atomic E-state index is 11.4. The second kappa shape index (κ2) is 7.57. The van der Waals surface area contributed by atoms with Crippen LogP contribution in [0.5, 0.6) is 0 Å². The Labute approximate surface area is 116 Å². The fourth-order valence-corrected chi connectivity index (χ4v) is 1.86. The van der Waals surface area contributed by atoms with Crippen LogP contribution in [-0.4, -0.2) is 12.8 Å². The van der Waals surface area contributed by atoms with Crippen LogP contribution in [0.4, 0.5) is 5.69 Å². The van der Waals surface area contributed by atoms with Gasteiger partial charge in [0.1, 0.15) is 0 Å². The summed E-state index contributed by atoms with van der Waals surface area (Å²) in [7, 11) is 1.91. The molecule has 0 aliphatic heterocycles. The molecule has 1 unspecified atom stereocenters. The number of rotatable bonds is 6. The predicted molar refractivity (Wildman–Crippen MR) is 82.6 cm³/mol. The molecule has 0 heterocycles. The molecule has 2 heteroatoms. The van der Waals surface area contributed by atoms with Crippen molar-refractivity contribution < 1.29 is 4.79 Å². The summed E-state index contributed by atoms with van der Waals surface area (Å²) in [6, 6.07) is 8.34. The number of hydrogen-bond acceptors (Lipinski definition) is 2. The van der Waals surface area contributed by atoms with E-state index in [0.29, 0.717) is 5.92 Å². The van der Waals surface area contributed by atoms with E-state index in [9.17, 15) is 4.79 Å². The predicted octanol–water partition coefficient (Wildman–Crippen LogP) is 4.31. The maximum absolute atomic E-state index is 11.4. The summed E-state index contributed by atoms with van der Waals surface area (Å²) in [5.41, 5.74) is 3.14. The number of carbonyl (C=O) groups excluding carboxylic acids is 1. The number of ketones is 1. The van der Waals surface area contributed by atoms with Crippen molar-refractivity contribution in [2.45, 2.75) is 33.1 Å². The van der Waals surface area contributed by atoms with Crippen molar-refractivity contribution in [3.63, 3.8) is 0 Å². The molecule has 0 saturated heterocycles. The van der Waals surface area contributed by atoms with Crippen LogP contribution in [-0.2, 0) is 4.79 Å². The van der Waals surface area contributed by atoms with Gasteiger partial charge < -0.3 is 5.32 Å². The quantitative estimate of drug-likeness (QED) is 0.607. The Morgan fingerprint density at radius 3 is 2.42 bits per heavy atom. The van der Waals surface area contributed by atoms with E-state index in [1.54, 1.807) is 6.92 Å². The Bertz CT molecular complexity index is 469. The van der Waals surface area contributed by atoms with Gasteiger partial charge in [0.25, 0.3) is 0 Å². The minimum atomic E-state index is 0.121. The Kier molecular flexibility index (Phi) is 6.07. The van der Waals surface area contributed by atoms with E-state index in [2.05, 4.69) is 42.6 Å². The third kappa shape index (κ3) is 4.74. The summed E-state index contributed by atoms with van der Waals surface area (Å²) in [5, 5.41) is 3.10. The van der Waals surface area contributed by atoms with Gasteiger partial charge in [0.15, 0.2) is 5.78 Å². The third-order valence-electron chi connectivity index (χ3n) is 3.12. The molecule has 0 aliphatic rings. The minimum absolute atomic E-state index is 0.121. The van der Waals surface area contributed by atoms with Gasteiger partial charge in [0, 0.05) is 18.3 Å². The van der Waals surface area contributed by atoms with Crippen LogP contribution in [0.3, 0.4) is 0 Å². The number of hydrogen-bond donors (Lipinski definition) is 1. The van der Waals surface area contributed by atoms with Crippen LogP contribution in [0.2, 0.25) is 0 Å². The van der Waals surface area contributed by atoms with E-state index in [1.165, 1.54) is 5.56 Å². The summed E-state index contributed by atoms with van der Waals surface area (Å²) >= 11 is 0. The number of Topliss-reactive ketones (excluding diaryl/α,β-unsaturated/α-hetero) is 1. The first-order chi connectivity index (χ1) is 9.08. The maximum Gasteiger partial charge on any atom is 0.159 e. The summed E-state index contributed by atoms with van der Waals surface area (Å²) in [6.45, 7) is 5.78. The first kappa shape index (κ1) is 15.2. The van der Waals surface area contributed by atoms with E-state index < -0.39 is 0 Å².